The van der Waals surface area contributed by atoms with Gasteiger partial charge in [-0.3, -0.25) is 9.59 Å². The number of carbonyl (C=O) groups is 2. The molecule has 0 unspecified atom stereocenters. The molecule has 22 heavy (non-hydrogen) atoms. The number of anilines is 2. The van der Waals surface area contributed by atoms with Crippen molar-refractivity contribution in [2.75, 3.05) is 16.9 Å². The highest BCUT2D eigenvalue weighted by atomic mass is 79.9. The van der Waals surface area contributed by atoms with Crippen molar-refractivity contribution in [1.29, 1.82) is 0 Å². The number of halogens is 1. The maximum absolute atomic E-state index is 12.0. The SMILES string of the molecule is CSc1cccc(NC(=O)C(=O)Nc2ccc(C)cc2Br)c1. The first-order valence-corrected chi connectivity index (χ1v) is 8.54. The van der Waals surface area contributed by atoms with Gasteiger partial charge in [-0.15, -0.1) is 11.8 Å². The van der Waals surface area contributed by atoms with Crippen LogP contribution in [0.2, 0.25) is 0 Å². The van der Waals surface area contributed by atoms with Gasteiger partial charge in [-0.1, -0.05) is 12.1 Å². The lowest BCUT2D eigenvalue weighted by Crippen LogP contribution is -2.29. The summed E-state index contributed by atoms with van der Waals surface area (Å²) in [4.78, 5) is 24.9. The molecule has 2 amide bonds. The fourth-order valence-electron chi connectivity index (χ4n) is 1.79. The highest BCUT2D eigenvalue weighted by Gasteiger charge is 2.15. The molecule has 114 valence electrons. The van der Waals surface area contributed by atoms with E-state index in [1.165, 1.54) is 0 Å². The molecule has 4 nitrogen and oxygen atoms in total. The monoisotopic (exact) mass is 378 g/mol. The molecule has 0 heterocycles. The highest BCUT2D eigenvalue weighted by molar-refractivity contribution is 9.10. The molecule has 0 radical (unpaired) electrons. The summed E-state index contributed by atoms with van der Waals surface area (Å²) >= 11 is 4.93. The number of carbonyl (C=O) groups excluding carboxylic acids is 2. The molecule has 6 heteroatoms. The van der Waals surface area contributed by atoms with E-state index in [1.54, 1.807) is 23.9 Å². The van der Waals surface area contributed by atoms with Crippen molar-refractivity contribution in [3.63, 3.8) is 0 Å². The smallest absolute Gasteiger partial charge is 0.314 e. The summed E-state index contributed by atoms with van der Waals surface area (Å²) in [5.74, 6) is -1.41. The second-order valence-electron chi connectivity index (χ2n) is 4.62. The van der Waals surface area contributed by atoms with E-state index < -0.39 is 11.8 Å². The van der Waals surface area contributed by atoms with Crippen molar-refractivity contribution in [2.24, 2.45) is 0 Å². The summed E-state index contributed by atoms with van der Waals surface area (Å²) in [5, 5.41) is 5.17. The van der Waals surface area contributed by atoms with E-state index in [2.05, 4.69) is 26.6 Å². The number of benzene rings is 2. The lowest BCUT2D eigenvalue weighted by atomic mass is 10.2. The Labute approximate surface area is 141 Å². The Balaban J connectivity index is 2.04. The number of hydrogen-bond donors (Lipinski definition) is 2. The summed E-state index contributed by atoms with van der Waals surface area (Å²) in [6.45, 7) is 1.95. The standard InChI is InChI=1S/C16H15BrN2O2S/c1-10-6-7-14(13(17)8-10)19-16(21)15(20)18-11-4-3-5-12(9-11)22-2/h3-9H,1-2H3,(H,18,20)(H,19,21). The molecular weight excluding hydrogens is 364 g/mol. The zero-order valence-electron chi connectivity index (χ0n) is 12.1. The van der Waals surface area contributed by atoms with Crippen LogP contribution in [0.25, 0.3) is 0 Å². The maximum Gasteiger partial charge on any atom is 0.314 e. The van der Waals surface area contributed by atoms with Crippen LogP contribution in [0.1, 0.15) is 5.56 Å². The lowest BCUT2D eigenvalue weighted by Gasteiger charge is -2.09. The summed E-state index contributed by atoms with van der Waals surface area (Å²) < 4.78 is 0.734. The molecule has 0 fully saturated rings. The van der Waals surface area contributed by atoms with E-state index in [0.29, 0.717) is 11.4 Å². The third-order valence-electron chi connectivity index (χ3n) is 2.91. The molecule has 2 aromatic rings. The number of nitrogens with one attached hydrogen (secondary N) is 2. The maximum atomic E-state index is 12.0. The van der Waals surface area contributed by atoms with Crippen LogP contribution in [0.15, 0.2) is 51.8 Å². The van der Waals surface area contributed by atoms with Gasteiger partial charge in [0.25, 0.3) is 0 Å². The normalized spacial score (nSPS) is 10.1. The zero-order chi connectivity index (χ0) is 16.1. The van der Waals surface area contributed by atoms with Gasteiger partial charge in [0.05, 0.1) is 5.69 Å². The number of aryl methyl sites for hydroxylation is 1. The van der Waals surface area contributed by atoms with Crippen LogP contribution in [-0.2, 0) is 9.59 Å². The molecule has 2 N–H and O–H groups in total. The molecule has 0 aliphatic rings. The topological polar surface area (TPSA) is 58.2 Å². The summed E-state index contributed by atoms with van der Waals surface area (Å²) in [6, 6.07) is 12.8. The van der Waals surface area contributed by atoms with Gasteiger partial charge >= 0.3 is 11.8 Å². The average Bonchev–Trinajstić information content (AvgIpc) is 2.50. The van der Waals surface area contributed by atoms with Crippen LogP contribution >= 0.6 is 27.7 Å². The Hall–Kier alpha value is -1.79. The van der Waals surface area contributed by atoms with E-state index in [0.717, 1.165) is 14.9 Å². The Morgan fingerprint density at radius 2 is 1.77 bits per heavy atom. The Morgan fingerprint density at radius 3 is 2.45 bits per heavy atom. The van der Waals surface area contributed by atoms with Crippen molar-refractivity contribution < 1.29 is 9.59 Å². The average molecular weight is 379 g/mol. The largest absolute Gasteiger partial charge is 0.318 e. The van der Waals surface area contributed by atoms with Gasteiger partial charge in [0.2, 0.25) is 0 Å². The van der Waals surface area contributed by atoms with Gasteiger partial charge in [0.15, 0.2) is 0 Å². The van der Waals surface area contributed by atoms with E-state index in [1.807, 2.05) is 43.5 Å². The minimum Gasteiger partial charge on any atom is -0.318 e. The molecule has 0 saturated heterocycles. The lowest BCUT2D eigenvalue weighted by molar-refractivity contribution is -0.133. The number of thioether (sulfide) groups is 1. The Morgan fingerprint density at radius 1 is 1.05 bits per heavy atom. The van der Waals surface area contributed by atoms with Gasteiger partial charge in [0, 0.05) is 15.1 Å². The molecule has 0 spiro atoms. The van der Waals surface area contributed by atoms with Gasteiger partial charge < -0.3 is 10.6 Å². The second kappa shape index (κ2) is 7.47. The van der Waals surface area contributed by atoms with E-state index in [-0.39, 0.29) is 0 Å². The quantitative estimate of drug-likeness (QED) is 0.625. The van der Waals surface area contributed by atoms with Crippen LogP contribution in [0.3, 0.4) is 0 Å². The van der Waals surface area contributed by atoms with Crippen LogP contribution < -0.4 is 10.6 Å². The highest BCUT2D eigenvalue weighted by Crippen LogP contribution is 2.23. The molecule has 0 aromatic heterocycles. The van der Waals surface area contributed by atoms with Crippen LogP contribution in [0, 0.1) is 6.92 Å². The van der Waals surface area contributed by atoms with Crippen molar-refractivity contribution in [2.45, 2.75) is 11.8 Å². The van der Waals surface area contributed by atoms with E-state index in [4.69, 9.17) is 0 Å². The first kappa shape index (κ1) is 16.6. The van der Waals surface area contributed by atoms with Gasteiger partial charge in [-0.25, -0.2) is 0 Å². The molecule has 2 rings (SSSR count). The fourth-order valence-corrected chi connectivity index (χ4v) is 2.84. The van der Waals surface area contributed by atoms with E-state index in [9.17, 15) is 9.59 Å². The minimum absolute atomic E-state index is 0.559. The van der Waals surface area contributed by atoms with Crippen molar-refractivity contribution in [1.82, 2.24) is 0 Å². The number of amides is 2. The molecule has 2 aromatic carbocycles. The van der Waals surface area contributed by atoms with Crippen molar-refractivity contribution in [3.05, 3.63) is 52.5 Å². The van der Waals surface area contributed by atoms with Crippen molar-refractivity contribution in [3.8, 4) is 0 Å². The number of rotatable bonds is 3. The first-order chi connectivity index (χ1) is 10.5. The Kier molecular flexibility index (Phi) is 5.63. The third kappa shape index (κ3) is 4.35. The minimum atomic E-state index is -0.709. The van der Waals surface area contributed by atoms with Gasteiger partial charge in [-0.05, 0) is 65.0 Å². The van der Waals surface area contributed by atoms with Gasteiger partial charge in [0.1, 0.15) is 0 Å². The van der Waals surface area contributed by atoms with Crippen LogP contribution in [0.5, 0.6) is 0 Å². The predicted octanol–water partition coefficient (Wildman–Crippen LogP) is 4.06. The van der Waals surface area contributed by atoms with Crippen LogP contribution in [0.4, 0.5) is 11.4 Å². The van der Waals surface area contributed by atoms with E-state index >= 15 is 0 Å². The molecule has 0 aliphatic carbocycles. The second-order valence-corrected chi connectivity index (χ2v) is 6.36. The molecule has 0 atom stereocenters. The Bertz CT molecular complexity index is 719. The molecule has 0 saturated carbocycles. The molecule has 0 bridgehead atoms. The van der Waals surface area contributed by atoms with Crippen molar-refractivity contribution >= 4 is 50.9 Å². The fraction of sp³-hybridized carbons (Fsp3) is 0.125. The van der Waals surface area contributed by atoms with Crippen LogP contribution in [-0.4, -0.2) is 18.1 Å². The molecular formula is C16H15BrN2O2S. The third-order valence-corrected chi connectivity index (χ3v) is 4.29. The first-order valence-electron chi connectivity index (χ1n) is 6.52. The number of hydrogen-bond acceptors (Lipinski definition) is 3. The summed E-state index contributed by atoms with van der Waals surface area (Å²) in [6.07, 6.45) is 1.95. The summed E-state index contributed by atoms with van der Waals surface area (Å²) in [5.41, 5.74) is 2.21. The predicted molar refractivity (Wildman–Crippen MR) is 94.4 cm³/mol. The summed E-state index contributed by atoms with van der Waals surface area (Å²) in [7, 11) is 0. The van der Waals surface area contributed by atoms with Gasteiger partial charge in [-0.2, -0.15) is 0 Å². The molecule has 0 aliphatic heterocycles. The zero-order valence-corrected chi connectivity index (χ0v) is 14.5.